The molecule has 0 bridgehead atoms. The second-order valence-corrected chi connectivity index (χ2v) is 4.58. The third-order valence-electron chi connectivity index (χ3n) is 2.72. The van der Waals surface area contributed by atoms with Gasteiger partial charge in [-0.15, -0.1) is 24.8 Å². The molecule has 2 aromatic rings. The molecule has 0 aliphatic rings. The van der Waals surface area contributed by atoms with E-state index in [1.807, 2.05) is 25.1 Å². The fraction of sp³-hybridized carbons (Fsp3) is 0.286. The number of pyridine rings is 1. The van der Waals surface area contributed by atoms with Crippen molar-refractivity contribution in [2.24, 2.45) is 0 Å². The first-order chi connectivity index (χ1) is 9.20. The Kier molecular flexibility index (Phi) is 9.29. The Morgan fingerprint density at radius 1 is 1.19 bits per heavy atom. The lowest BCUT2D eigenvalue weighted by molar-refractivity contribution is 0.0949. The van der Waals surface area contributed by atoms with Gasteiger partial charge in [-0.1, -0.05) is 30.7 Å². The summed E-state index contributed by atoms with van der Waals surface area (Å²) >= 11 is 5.92. The van der Waals surface area contributed by atoms with Crippen LogP contribution in [0.15, 0.2) is 30.3 Å². The summed E-state index contributed by atoms with van der Waals surface area (Å²) in [5.74, 6) is -0.167. The molecule has 0 saturated heterocycles. The molecule has 1 aromatic carbocycles. The maximum Gasteiger partial charge on any atom is 0.269 e. The zero-order valence-electron chi connectivity index (χ0n) is 11.6. The number of amides is 1. The predicted octanol–water partition coefficient (Wildman–Crippen LogP) is 3.07. The second-order valence-electron chi connectivity index (χ2n) is 4.14. The molecule has 0 spiro atoms. The fourth-order valence-corrected chi connectivity index (χ4v) is 1.91. The predicted molar refractivity (Wildman–Crippen MR) is 92.1 cm³/mol. The van der Waals surface area contributed by atoms with Crippen molar-refractivity contribution >= 4 is 53.2 Å². The first kappa shape index (κ1) is 19.9. The van der Waals surface area contributed by atoms with Gasteiger partial charge in [-0.25, -0.2) is 4.98 Å². The molecular weight excluding hydrogens is 333 g/mol. The summed E-state index contributed by atoms with van der Waals surface area (Å²) in [5, 5.41) is 7.54. The highest BCUT2D eigenvalue weighted by molar-refractivity contribution is 6.31. The molecule has 0 atom stereocenters. The van der Waals surface area contributed by atoms with Crippen molar-refractivity contribution in [2.45, 2.75) is 6.92 Å². The van der Waals surface area contributed by atoms with E-state index in [1.54, 1.807) is 12.1 Å². The maximum absolute atomic E-state index is 11.9. The van der Waals surface area contributed by atoms with Crippen LogP contribution in [-0.2, 0) is 0 Å². The van der Waals surface area contributed by atoms with Gasteiger partial charge < -0.3 is 10.6 Å². The van der Waals surface area contributed by atoms with Crippen LogP contribution in [0.2, 0.25) is 5.02 Å². The summed E-state index contributed by atoms with van der Waals surface area (Å²) in [4.78, 5) is 16.2. The summed E-state index contributed by atoms with van der Waals surface area (Å²) in [6.45, 7) is 4.25. The van der Waals surface area contributed by atoms with Crippen molar-refractivity contribution in [3.63, 3.8) is 0 Å². The fourth-order valence-electron chi connectivity index (χ4n) is 1.75. The van der Waals surface area contributed by atoms with E-state index in [9.17, 15) is 4.79 Å². The number of rotatable bonds is 5. The topological polar surface area (TPSA) is 54.0 Å². The summed E-state index contributed by atoms with van der Waals surface area (Å²) in [5.41, 5.74) is 1.14. The number of hydrogen-bond acceptors (Lipinski definition) is 3. The van der Waals surface area contributed by atoms with Gasteiger partial charge >= 0.3 is 0 Å². The first-order valence-corrected chi connectivity index (χ1v) is 6.63. The van der Waals surface area contributed by atoms with Crippen LogP contribution < -0.4 is 10.6 Å². The summed E-state index contributed by atoms with van der Waals surface area (Å²) < 4.78 is 0. The highest BCUT2D eigenvalue weighted by atomic mass is 35.5. The lowest BCUT2D eigenvalue weighted by atomic mass is 10.2. The van der Waals surface area contributed by atoms with E-state index in [-0.39, 0.29) is 30.7 Å². The number of nitrogens with one attached hydrogen (secondary N) is 2. The molecule has 116 valence electrons. The standard InChI is InChI=1S/C14H16ClN3O.2ClH/c1-2-16-7-8-17-14(19)12-6-4-10-3-5-11(15)9-13(10)18-12;;/h3-6,9,16H,2,7-8H2,1H3,(H,17,19);2*1H. The molecule has 1 heterocycles. The average Bonchev–Trinajstić information content (AvgIpc) is 2.42. The highest BCUT2D eigenvalue weighted by Crippen LogP contribution is 2.17. The molecule has 21 heavy (non-hydrogen) atoms. The van der Waals surface area contributed by atoms with Gasteiger partial charge in [0.25, 0.3) is 5.91 Å². The minimum Gasteiger partial charge on any atom is -0.349 e. The zero-order chi connectivity index (χ0) is 13.7. The molecule has 0 unspecified atom stereocenters. The normalized spacial score (nSPS) is 9.62. The van der Waals surface area contributed by atoms with E-state index >= 15 is 0 Å². The van der Waals surface area contributed by atoms with Crippen LogP contribution in [-0.4, -0.2) is 30.5 Å². The molecule has 0 aliphatic carbocycles. The number of carbonyl (C=O) groups excluding carboxylic acids is 1. The molecule has 1 amide bonds. The molecular formula is C14H18Cl3N3O. The van der Waals surface area contributed by atoms with Crippen LogP contribution in [0.5, 0.6) is 0 Å². The lowest BCUT2D eigenvalue weighted by Gasteiger charge is -2.06. The number of hydrogen-bond donors (Lipinski definition) is 2. The van der Waals surface area contributed by atoms with Crippen LogP contribution in [0.25, 0.3) is 10.9 Å². The van der Waals surface area contributed by atoms with Crippen molar-refractivity contribution in [1.29, 1.82) is 0 Å². The third kappa shape index (κ3) is 5.67. The highest BCUT2D eigenvalue weighted by Gasteiger charge is 2.07. The van der Waals surface area contributed by atoms with Gasteiger partial charge in [-0.3, -0.25) is 4.79 Å². The van der Waals surface area contributed by atoms with Crippen LogP contribution in [0.4, 0.5) is 0 Å². The Bertz CT molecular complexity index is 593. The zero-order valence-corrected chi connectivity index (χ0v) is 13.9. The van der Waals surface area contributed by atoms with Gasteiger partial charge in [-0.2, -0.15) is 0 Å². The van der Waals surface area contributed by atoms with Gasteiger partial charge in [0, 0.05) is 23.5 Å². The number of benzene rings is 1. The van der Waals surface area contributed by atoms with Crippen LogP contribution in [0.1, 0.15) is 17.4 Å². The van der Waals surface area contributed by atoms with E-state index in [0.29, 0.717) is 17.3 Å². The van der Waals surface area contributed by atoms with Crippen LogP contribution in [0.3, 0.4) is 0 Å². The van der Waals surface area contributed by atoms with E-state index < -0.39 is 0 Å². The minimum absolute atomic E-state index is 0. The third-order valence-corrected chi connectivity index (χ3v) is 2.96. The van der Waals surface area contributed by atoms with Crippen LogP contribution in [0, 0.1) is 0 Å². The Hall–Kier alpha value is -1.07. The van der Waals surface area contributed by atoms with E-state index in [2.05, 4.69) is 15.6 Å². The molecule has 1 aromatic heterocycles. The molecule has 0 saturated carbocycles. The summed E-state index contributed by atoms with van der Waals surface area (Å²) in [6.07, 6.45) is 0. The second kappa shape index (κ2) is 9.79. The molecule has 4 nitrogen and oxygen atoms in total. The Morgan fingerprint density at radius 3 is 2.62 bits per heavy atom. The van der Waals surface area contributed by atoms with E-state index in [0.717, 1.165) is 24.0 Å². The lowest BCUT2D eigenvalue weighted by Crippen LogP contribution is -2.32. The largest absolute Gasteiger partial charge is 0.349 e. The van der Waals surface area contributed by atoms with Gasteiger partial charge in [-0.05, 0) is 24.7 Å². The molecule has 7 heteroatoms. The van der Waals surface area contributed by atoms with Gasteiger partial charge in [0.1, 0.15) is 5.69 Å². The SMILES string of the molecule is CCNCCNC(=O)c1ccc2ccc(Cl)cc2n1.Cl.Cl. The van der Waals surface area contributed by atoms with Gasteiger partial charge in [0.2, 0.25) is 0 Å². The molecule has 2 N–H and O–H groups in total. The Labute approximate surface area is 141 Å². The molecule has 2 rings (SSSR count). The minimum atomic E-state index is -0.167. The van der Waals surface area contributed by atoms with Crippen molar-refractivity contribution in [3.8, 4) is 0 Å². The Balaban J connectivity index is 0.00000200. The molecule has 0 fully saturated rings. The molecule has 0 radical (unpaired) electrons. The van der Waals surface area contributed by atoms with Crippen molar-refractivity contribution in [1.82, 2.24) is 15.6 Å². The number of halogens is 3. The van der Waals surface area contributed by atoms with Crippen molar-refractivity contribution in [3.05, 3.63) is 41.0 Å². The summed E-state index contributed by atoms with van der Waals surface area (Å²) in [6, 6.07) is 9.04. The smallest absolute Gasteiger partial charge is 0.269 e. The Morgan fingerprint density at radius 2 is 1.90 bits per heavy atom. The summed E-state index contributed by atoms with van der Waals surface area (Å²) in [7, 11) is 0. The number of likely N-dealkylation sites (N-methyl/N-ethyl adjacent to an activating group) is 1. The number of carbonyl (C=O) groups is 1. The number of fused-ring (bicyclic) bond motifs is 1. The number of aromatic nitrogens is 1. The van der Waals surface area contributed by atoms with E-state index in [4.69, 9.17) is 11.6 Å². The van der Waals surface area contributed by atoms with E-state index in [1.165, 1.54) is 0 Å². The average molecular weight is 351 g/mol. The van der Waals surface area contributed by atoms with Gasteiger partial charge in [0.05, 0.1) is 5.52 Å². The van der Waals surface area contributed by atoms with Crippen molar-refractivity contribution in [2.75, 3.05) is 19.6 Å². The molecule has 0 aliphatic heterocycles. The quantitative estimate of drug-likeness (QED) is 0.815. The first-order valence-electron chi connectivity index (χ1n) is 6.26. The van der Waals surface area contributed by atoms with Gasteiger partial charge in [0.15, 0.2) is 0 Å². The maximum atomic E-state index is 11.9. The monoisotopic (exact) mass is 349 g/mol. The number of nitrogens with zero attached hydrogens (tertiary/aromatic N) is 1. The van der Waals surface area contributed by atoms with Crippen LogP contribution >= 0.6 is 36.4 Å². The van der Waals surface area contributed by atoms with Crippen molar-refractivity contribution < 1.29 is 4.79 Å².